The summed E-state index contributed by atoms with van der Waals surface area (Å²) in [5.41, 5.74) is 0.287. The first-order valence-electron chi connectivity index (χ1n) is 6.29. The number of ether oxygens (including phenoxy) is 1. The molecule has 0 heterocycles. The minimum atomic E-state index is -3.26. The van der Waals surface area contributed by atoms with Crippen LogP contribution < -0.4 is 0 Å². The predicted octanol–water partition coefficient (Wildman–Crippen LogP) is 4.24. The number of hydrogen-bond donors (Lipinski definition) is 2. The van der Waals surface area contributed by atoms with Crippen molar-refractivity contribution in [3.8, 4) is 0 Å². The minimum Gasteiger partial charge on any atom is -0.376 e. The van der Waals surface area contributed by atoms with Gasteiger partial charge in [0.25, 0.3) is 0 Å². The molecule has 5 heteroatoms. The molecule has 0 spiro atoms. The van der Waals surface area contributed by atoms with Crippen LogP contribution in [-0.4, -0.2) is 27.4 Å². The molecule has 2 N–H and O–H groups in total. The van der Waals surface area contributed by atoms with Crippen LogP contribution in [0.1, 0.15) is 33.3 Å². The van der Waals surface area contributed by atoms with Crippen molar-refractivity contribution in [1.82, 2.24) is 0 Å². The lowest BCUT2D eigenvalue weighted by atomic mass is 10.2. The molecule has 0 saturated carbocycles. The lowest BCUT2D eigenvalue weighted by molar-refractivity contribution is -0.0304. The van der Waals surface area contributed by atoms with Gasteiger partial charge in [0.1, 0.15) is 16.5 Å². The highest BCUT2D eigenvalue weighted by atomic mass is 32.3. The topological polar surface area (TPSA) is 58.9 Å². The van der Waals surface area contributed by atoms with Crippen LogP contribution in [0, 0.1) is 6.92 Å². The van der Waals surface area contributed by atoms with E-state index in [1.54, 1.807) is 26.0 Å². The zero-order chi connectivity index (χ0) is 14.7. The zero-order valence-corrected chi connectivity index (χ0v) is 13.0. The Kier molecular flexibility index (Phi) is 5.41. The molecule has 19 heavy (non-hydrogen) atoms. The van der Waals surface area contributed by atoms with Gasteiger partial charge in [-0.05, 0) is 46.8 Å². The van der Waals surface area contributed by atoms with Gasteiger partial charge in [0, 0.05) is 0 Å². The summed E-state index contributed by atoms with van der Waals surface area (Å²) in [6, 6.07) is 6.99. The van der Waals surface area contributed by atoms with E-state index in [9.17, 15) is 9.11 Å². The Balaban J connectivity index is 2.75. The molecule has 0 fully saturated rings. The number of benzene rings is 1. The van der Waals surface area contributed by atoms with Crippen molar-refractivity contribution in [2.24, 2.45) is 0 Å². The summed E-state index contributed by atoms with van der Waals surface area (Å²) in [5, 5.41) is 0. The fourth-order valence-electron chi connectivity index (χ4n) is 1.47. The second kappa shape index (κ2) is 6.24. The Morgan fingerprint density at radius 1 is 1.16 bits per heavy atom. The minimum absolute atomic E-state index is 0.0732. The van der Waals surface area contributed by atoms with Crippen molar-refractivity contribution < 1.29 is 18.0 Å². The SMILES string of the molecule is Cc1ccc(S(O)(O)OC(C)(C)COC(C)C)cc1. The van der Waals surface area contributed by atoms with E-state index < -0.39 is 16.5 Å². The average Bonchev–Trinajstić information content (AvgIpc) is 2.26. The van der Waals surface area contributed by atoms with Crippen LogP contribution in [0.15, 0.2) is 29.2 Å². The van der Waals surface area contributed by atoms with Crippen LogP contribution in [0.3, 0.4) is 0 Å². The Morgan fingerprint density at radius 3 is 2.16 bits per heavy atom. The van der Waals surface area contributed by atoms with Gasteiger partial charge in [0.15, 0.2) is 0 Å². The van der Waals surface area contributed by atoms with Gasteiger partial charge in [-0.15, -0.1) is 0 Å². The van der Waals surface area contributed by atoms with Crippen LogP contribution >= 0.6 is 10.9 Å². The summed E-state index contributed by atoms with van der Waals surface area (Å²) < 4.78 is 31.2. The van der Waals surface area contributed by atoms with E-state index in [0.29, 0.717) is 11.5 Å². The molecule has 1 aromatic rings. The average molecular weight is 288 g/mol. The van der Waals surface area contributed by atoms with Gasteiger partial charge in [-0.25, -0.2) is 0 Å². The van der Waals surface area contributed by atoms with Crippen molar-refractivity contribution in [3.05, 3.63) is 29.8 Å². The molecule has 0 aliphatic heterocycles. The smallest absolute Gasteiger partial charge is 0.116 e. The van der Waals surface area contributed by atoms with E-state index in [4.69, 9.17) is 8.92 Å². The van der Waals surface area contributed by atoms with Crippen LogP contribution in [0.25, 0.3) is 0 Å². The van der Waals surface area contributed by atoms with Gasteiger partial charge < -0.3 is 13.8 Å². The summed E-state index contributed by atoms with van der Waals surface area (Å²) in [5.74, 6) is 0. The molecule has 0 radical (unpaired) electrons. The Labute approximate surface area is 117 Å². The first kappa shape index (κ1) is 16.5. The maximum absolute atomic E-state index is 10.1. The molecule has 0 aromatic heterocycles. The van der Waals surface area contributed by atoms with Gasteiger partial charge >= 0.3 is 0 Å². The maximum atomic E-state index is 10.1. The summed E-state index contributed by atoms with van der Waals surface area (Å²) >= 11 is 0. The van der Waals surface area contributed by atoms with Crippen molar-refractivity contribution in [2.75, 3.05) is 6.61 Å². The fraction of sp³-hybridized carbons (Fsp3) is 0.571. The Morgan fingerprint density at radius 2 is 1.68 bits per heavy atom. The molecule has 1 aromatic carbocycles. The summed E-state index contributed by atoms with van der Waals surface area (Å²) in [4.78, 5) is 0.385. The second-order valence-corrected chi connectivity index (χ2v) is 7.14. The van der Waals surface area contributed by atoms with E-state index >= 15 is 0 Å². The third-order valence-corrected chi connectivity index (χ3v) is 4.00. The van der Waals surface area contributed by atoms with Gasteiger partial charge in [-0.3, -0.25) is 4.18 Å². The highest BCUT2D eigenvalue weighted by molar-refractivity contribution is 8.20. The van der Waals surface area contributed by atoms with E-state index in [0.717, 1.165) is 5.56 Å². The van der Waals surface area contributed by atoms with E-state index in [2.05, 4.69) is 0 Å². The molecule has 0 saturated heterocycles. The number of aryl methyl sites for hydroxylation is 1. The monoisotopic (exact) mass is 288 g/mol. The number of rotatable bonds is 6. The summed E-state index contributed by atoms with van der Waals surface area (Å²) in [7, 11) is -3.26. The molecule has 0 aliphatic carbocycles. The lowest BCUT2D eigenvalue weighted by Gasteiger charge is -2.36. The molecular weight excluding hydrogens is 264 g/mol. The molecule has 0 amide bonds. The third kappa shape index (κ3) is 5.50. The molecule has 4 nitrogen and oxygen atoms in total. The molecule has 0 bridgehead atoms. The number of hydrogen-bond acceptors (Lipinski definition) is 4. The van der Waals surface area contributed by atoms with Crippen LogP contribution in [0.2, 0.25) is 0 Å². The van der Waals surface area contributed by atoms with Crippen LogP contribution in [0.5, 0.6) is 0 Å². The maximum Gasteiger partial charge on any atom is 0.116 e. The normalized spacial score (nSPS) is 13.9. The van der Waals surface area contributed by atoms with Crippen molar-refractivity contribution >= 4 is 10.9 Å². The molecule has 0 unspecified atom stereocenters. The first-order chi connectivity index (χ1) is 8.62. The predicted molar refractivity (Wildman–Crippen MR) is 78.5 cm³/mol. The molecule has 1 rings (SSSR count). The van der Waals surface area contributed by atoms with Gasteiger partial charge in [-0.2, -0.15) is 0 Å². The molecule has 0 atom stereocenters. The van der Waals surface area contributed by atoms with Gasteiger partial charge in [0.2, 0.25) is 0 Å². The standard InChI is InChI=1S/C14H24O4S/c1-11(2)17-10-14(4,5)18-19(15,16)13-8-6-12(3)7-9-13/h6-9,11,15-16H,10H2,1-5H3. The highest BCUT2D eigenvalue weighted by Gasteiger charge is 2.31. The zero-order valence-electron chi connectivity index (χ0n) is 12.2. The highest BCUT2D eigenvalue weighted by Crippen LogP contribution is 2.52. The third-order valence-electron chi connectivity index (χ3n) is 2.43. The molecule has 0 aliphatic rings. The van der Waals surface area contributed by atoms with Crippen molar-refractivity contribution in [3.63, 3.8) is 0 Å². The van der Waals surface area contributed by atoms with E-state index in [-0.39, 0.29) is 6.10 Å². The lowest BCUT2D eigenvalue weighted by Crippen LogP contribution is -2.33. The van der Waals surface area contributed by atoms with Gasteiger partial charge in [0.05, 0.1) is 17.6 Å². The first-order valence-corrected chi connectivity index (χ1v) is 7.77. The molecular formula is C14H24O4S. The van der Waals surface area contributed by atoms with Crippen LogP contribution in [0.4, 0.5) is 0 Å². The van der Waals surface area contributed by atoms with Crippen LogP contribution in [-0.2, 0) is 8.92 Å². The summed E-state index contributed by atoms with van der Waals surface area (Å²) in [6.07, 6.45) is 0.0732. The second-order valence-electron chi connectivity index (χ2n) is 5.51. The largest absolute Gasteiger partial charge is 0.376 e. The van der Waals surface area contributed by atoms with Crippen molar-refractivity contribution in [1.29, 1.82) is 0 Å². The van der Waals surface area contributed by atoms with Gasteiger partial charge in [-0.1, -0.05) is 17.7 Å². The quantitative estimate of drug-likeness (QED) is 0.822. The Bertz CT molecular complexity index is 398. The Hall–Kier alpha value is -0.590. The van der Waals surface area contributed by atoms with E-state index in [1.807, 2.05) is 32.9 Å². The molecule has 110 valence electrons. The van der Waals surface area contributed by atoms with E-state index in [1.165, 1.54) is 0 Å². The fourth-order valence-corrected chi connectivity index (χ4v) is 2.73. The van der Waals surface area contributed by atoms with Crippen molar-refractivity contribution in [2.45, 2.75) is 51.2 Å². The summed E-state index contributed by atoms with van der Waals surface area (Å²) in [6.45, 7) is 9.64.